The van der Waals surface area contributed by atoms with Gasteiger partial charge in [0.15, 0.2) is 0 Å². The second kappa shape index (κ2) is 12.0. The number of carbonyl (C=O) groups is 3. The summed E-state index contributed by atoms with van der Waals surface area (Å²) in [6.07, 6.45) is 1.05. The van der Waals surface area contributed by atoms with E-state index in [-0.39, 0.29) is 30.7 Å². The standard InChI is InChI=1S/C33H33N3O4/c1-34-32(38)29(21-23-10-4-3-5-11-23)36(22-24-12-6-15-26(20-24)40-2)30(37)18-9-19-35-28-17-8-14-25-13-7-16-27(31(25)28)33(35)39/h3-8,10-17,20,29H,9,18-19,21-22H2,1-2H3,(H,34,38). The zero-order chi connectivity index (χ0) is 28.1. The molecule has 4 aromatic rings. The molecule has 1 atom stereocenters. The van der Waals surface area contributed by atoms with E-state index in [1.54, 1.807) is 24.0 Å². The van der Waals surface area contributed by atoms with Gasteiger partial charge < -0.3 is 19.9 Å². The molecule has 0 aromatic heterocycles. The Bertz CT molecular complexity index is 1530. The number of rotatable bonds is 11. The number of nitrogens with one attached hydrogen (secondary N) is 1. The molecule has 0 saturated carbocycles. The van der Waals surface area contributed by atoms with Crippen molar-refractivity contribution in [2.24, 2.45) is 0 Å². The second-order valence-corrected chi connectivity index (χ2v) is 9.93. The molecule has 0 saturated heterocycles. The Labute approximate surface area is 234 Å². The van der Waals surface area contributed by atoms with E-state index in [0.717, 1.165) is 27.6 Å². The van der Waals surface area contributed by atoms with E-state index in [2.05, 4.69) is 5.32 Å². The summed E-state index contributed by atoms with van der Waals surface area (Å²) in [5, 5.41) is 4.74. The highest BCUT2D eigenvalue weighted by atomic mass is 16.5. The molecule has 1 aliphatic rings. The highest BCUT2D eigenvalue weighted by Crippen LogP contribution is 2.37. The van der Waals surface area contributed by atoms with E-state index < -0.39 is 6.04 Å². The highest BCUT2D eigenvalue weighted by molar-refractivity contribution is 6.25. The van der Waals surface area contributed by atoms with E-state index in [4.69, 9.17) is 4.74 Å². The van der Waals surface area contributed by atoms with E-state index in [9.17, 15) is 14.4 Å². The molecule has 1 heterocycles. The third-order valence-electron chi connectivity index (χ3n) is 7.43. The van der Waals surface area contributed by atoms with Crippen molar-refractivity contribution in [3.05, 3.63) is 108 Å². The first-order chi connectivity index (χ1) is 19.5. The van der Waals surface area contributed by atoms with Crippen LogP contribution in [0, 0.1) is 0 Å². The first-order valence-electron chi connectivity index (χ1n) is 13.5. The number of methoxy groups -OCH3 is 1. The van der Waals surface area contributed by atoms with Gasteiger partial charge in [0.2, 0.25) is 11.8 Å². The van der Waals surface area contributed by atoms with Crippen LogP contribution >= 0.6 is 0 Å². The Morgan fingerprint density at radius 2 is 1.65 bits per heavy atom. The lowest BCUT2D eigenvalue weighted by Gasteiger charge is -2.31. The number of hydrogen-bond donors (Lipinski definition) is 1. The minimum atomic E-state index is -0.697. The first-order valence-corrected chi connectivity index (χ1v) is 13.5. The van der Waals surface area contributed by atoms with Crippen molar-refractivity contribution < 1.29 is 19.1 Å². The van der Waals surface area contributed by atoms with Crippen LogP contribution in [-0.4, -0.2) is 49.4 Å². The Hall–Kier alpha value is -4.65. The van der Waals surface area contributed by atoms with Crippen LogP contribution in [0.3, 0.4) is 0 Å². The van der Waals surface area contributed by atoms with Crippen molar-refractivity contribution in [3.63, 3.8) is 0 Å². The summed E-state index contributed by atoms with van der Waals surface area (Å²) in [6, 6.07) is 28.2. The number of hydrogen-bond acceptors (Lipinski definition) is 4. The molecule has 1 N–H and O–H groups in total. The van der Waals surface area contributed by atoms with E-state index in [0.29, 0.717) is 30.7 Å². The molecule has 0 fully saturated rings. The molecule has 0 bridgehead atoms. The quantitative estimate of drug-likeness (QED) is 0.294. The van der Waals surface area contributed by atoms with Crippen LogP contribution in [0.25, 0.3) is 10.8 Å². The zero-order valence-electron chi connectivity index (χ0n) is 22.8. The number of benzene rings is 4. The molecule has 40 heavy (non-hydrogen) atoms. The fraction of sp³-hybridized carbons (Fsp3) is 0.242. The summed E-state index contributed by atoms with van der Waals surface area (Å²) in [4.78, 5) is 43.6. The molecular weight excluding hydrogens is 502 g/mol. The molecule has 1 aliphatic heterocycles. The van der Waals surface area contributed by atoms with Crippen molar-refractivity contribution in [1.82, 2.24) is 10.2 Å². The van der Waals surface area contributed by atoms with Crippen LogP contribution < -0.4 is 15.0 Å². The Morgan fingerprint density at radius 3 is 2.40 bits per heavy atom. The smallest absolute Gasteiger partial charge is 0.258 e. The Morgan fingerprint density at radius 1 is 0.925 bits per heavy atom. The number of nitrogens with zero attached hydrogens (tertiary/aromatic N) is 2. The lowest BCUT2D eigenvalue weighted by Crippen LogP contribution is -2.49. The van der Waals surface area contributed by atoms with Crippen molar-refractivity contribution >= 4 is 34.2 Å². The minimum absolute atomic E-state index is 0.0419. The fourth-order valence-electron chi connectivity index (χ4n) is 5.42. The van der Waals surface area contributed by atoms with Gasteiger partial charge in [-0.15, -0.1) is 0 Å². The van der Waals surface area contributed by atoms with Crippen LogP contribution in [0.4, 0.5) is 5.69 Å². The molecule has 1 unspecified atom stereocenters. The number of ether oxygens (including phenoxy) is 1. The van der Waals surface area contributed by atoms with Crippen LogP contribution in [0.5, 0.6) is 5.75 Å². The van der Waals surface area contributed by atoms with Crippen molar-refractivity contribution in [2.45, 2.75) is 31.8 Å². The maximum atomic E-state index is 13.8. The fourth-order valence-corrected chi connectivity index (χ4v) is 5.42. The average molecular weight is 536 g/mol. The molecule has 3 amide bonds. The molecular formula is C33H33N3O4. The minimum Gasteiger partial charge on any atom is -0.497 e. The van der Waals surface area contributed by atoms with E-state index >= 15 is 0 Å². The topological polar surface area (TPSA) is 79.0 Å². The van der Waals surface area contributed by atoms with Gasteiger partial charge in [0.05, 0.1) is 12.8 Å². The summed E-state index contributed by atoms with van der Waals surface area (Å²) in [6.45, 7) is 0.670. The predicted octanol–water partition coefficient (Wildman–Crippen LogP) is 4.97. The van der Waals surface area contributed by atoms with Gasteiger partial charge in [-0.25, -0.2) is 0 Å². The third kappa shape index (κ3) is 5.54. The molecule has 0 aliphatic carbocycles. The van der Waals surface area contributed by atoms with E-state index in [1.807, 2.05) is 91.0 Å². The monoisotopic (exact) mass is 535 g/mol. The van der Waals surface area contributed by atoms with Crippen LogP contribution in [-0.2, 0) is 22.6 Å². The summed E-state index contributed by atoms with van der Waals surface area (Å²) in [5.41, 5.74) is 3.41. The second-order valence-electron chi connectivity index (χ2n) is 9.93. The number of likely N-dealkylation sites (N-methyl/N-ethyl adjacent to an activating group) is 1. The first kappa shape index (κ1) is 26.9. The lowest BCUT2D eigenvalue weighted by atomic mass is 10.0. The predicted molar refractivity (Wildman–Crippen MR) is 156 cm³/mol. The Balaban J connectivity index is 1.36. The van der Waals surface area contributed by atoms with Gasteiger partial charge in [-0.1, -0.05) is 66.7 Å². The summed E-state index contributed by atoms with van der Waals surface area (Å²) in [7, 11) is 3.19. The Kier molecular flexibility index (Phi) is 8.10. The molecule has 0 spiro atoms. The summed E-state index contributed by atoms with van der Waals surface area (Å²) >= 11 is 0. The van der Waals surface area contributed by atoms with Gasteiger partial charge in [-0.05, 0) is 47.2 Å². The molecule has 5 rings (SSSR count). The third-order valence-corrected chi connectivity index (χ3v) is 7.43. The molecule has 7 heteroatoms. The zero-order valence-corrected chi connectivity index (χ0v) is 22.8. The van der Waals surface area contributed by atoms with Crippen LogP contribution in [0.2, 0.25) is 0 Å². The van der Waals surface area contributed by atoms with Gasteiger partial charge >= 0.3 is 0 Å². The summed E-state index contributed by atoms with van der Waals surface area (Å²) in [5.74, 6) is 0.275. The normalized spacial score (nSPS) is 12.8. The maximum absolute atomic E-state index is 13.8. The van der Waals surface area contributed by atoms with Crippen LogP contribution in [0.15, 0.2) is 91.0 Å². The maximum Gasteiger partial charge on any atom is 0.258 e. The molecule has 204 valence electrons. The lowest BCUT2D eigenvalue weighted by molar-refractivity contribution is -0.141. The van der Waals surface area contributed by atoms with Gasteiger partial charge in [0, 0.05) is 43.9 Å². The molecule has 0 radical (unpaired) electrons. The van der Waals surface area contributed by atoms with Gasteiger partial charge in [0.1, 0.15) is 11.8 Å². The number of amides is 3. The highest BCUT2D eigenvalue weighted by Gasteiger charge is 2.32. The van der Waals surface area contributed by atoms with Crippen molar-refractivity contribution in [2.75, 3.05) is 25.6 Å². The van der Waals surface area contributed by atoms with E-state index in [1.165, 1.54) is 0 Å². The van der Waals surface area contributed by atoms with Gasteiger partial charge in [-0.2, -0.15) is 0 Å². The SMILES string of the molecule is CNC(=O)C(Cc1ccccc1)N(Cc1cccc(OC)c1)C(=O)CCCN1C(=O)c2cccc3cccc1c23. The van der Waals surface area contributed by atoms with Crippen molar-refractivity contribution in [1.29, 1.82) is 0 Å². The van der Waals surface area contributed by atoms with Gasteiger partial charge in [-0.3, -0.25) is 14.4 Å². The molecule has 7 nitrogen and oxygen atoms in total. The summed E-state index contributed by atoms with van der Waals surface area (Å²) < 4.78 is 5.38. The van der Waals surface area contributed by atoms with Gasteiger partial charge in [0.25, 0.3) is 5.91 Å². The molecule has 4 aromatic carbocycles. The van der Waals surface area contributed by atoms with Crippen LogP contribution in [0.1, 0.15) is 34.3 Å². The largest absolute Gasteiger partial charge is 0.497 e. The average Bonchev–Trinajstić information content (AvgIpc) is 3.27. The van der Waals surface area contributed by atoms with Crippen molar-refractivity contribution in [3.8, 4) is 5.75 Å². The number of carbonyl (C=O) groups excluding carboxylic acids is 3. The number of anilines is 1.